The second kappa shape index (κ2) is 8.48. The zero-order chi connectivity index (χ0) is 19.5. The van der Waals surface area contributed by atoms with Crippen LogP contribution >= 0.6 is 11.6 Å². The van der Waals surface area contributed by atoms with Crippen LogP contribution in [0.5, 0.6) is 0 Å². The van der Waals surface area contributed by atoms with Gasteiger partial charge in [-0.25, -0.2) is 9.97 Å². The van der Waals surface area contributed by atoms with Crippen molar-refractivity contribution in [2.45, 2.75) is 51.0 Å². The number of anilines is 1. The molecule has 148 valence electrons. The van der Waals surface area contributed by atoms with Gasteiger partial charge in [-0.3, -0.25) is 4.79 Å². The number of hydrogen-bond acceptors (Lipinski definition) is 4. The number of halogens is 1. The largest absolute Gasteiger partial charge is 0.341 e. The van der Waals surface area contributed by atoms with E-state index in [9.17, 15) is 4.79 Å². The van der Waals surface area contributed by atoms with Crippen molar-refractivity contribution in [1.82, 2.24) is 14.9 Å². The molecule has 2 aromatic rings. The highest BCUT2D eigenvalue weighted by Gasteiger charge is 2.36. The normalized spacial score (nSPS) is 20.6. The molecule has 1 aromatic carbocycles. The second-order valence-electron chi connectivity index (χ2n) is 7.69. The molecule has 1 aromatic heterocycles. The molecule has 2 fully saturated rings. The maximum absolute atomic E-state index is 13.4. The van der Waals surface area contributed by atoms with Gasteiger partial charge in [0.2, 0.25) is 5.95 Å². The summed E-state index contributed by atoms with van der Waals surface area (Å²) in [6.45, 7) is 4.83. The zero-order valence-corrected chi connectivity index (χ0v) is 17.1. The number of rotatable bonds is 5. The van der Waals surface area contributed by atoms with Gasteiger partial charge >= 0.3 is 0 Å². The van der Waals surface area contributed by atoms with Gasteiger partial charge in [-0.15, -0.1) is 0 Å². The minimum absolute atomic E-state index is 0.0651. The quantitative estimate of drug-likeness (QED) is 0.742. The van der Waals surface area contributed by atoms with Crippen molar-refractivity contribution in [2.24, 2.45) is 0 Å². The molecule has 6 heteroatoms. The Morgan fingerprint density at radius 2 is 1.93 bits per heavy atom. The van der Waals surface area contributed by atoms with Gasteiger partial charge in [-0.1, -0.05) is 48.9 Å². The molecule has 0 radical (unpaired) electrons. The molecule has 0 aliphatic carbocycles. The highest BCUT2D eigenvalue weighted by atomic mass is 35.5. The molecular formula is C22H27ClN4O. The average Bonchev–Trinajstić information content (AvgIpc) is 3.42. The number of amides is 1. The van der Waals surface area contributed by atoms with E-state index in [0.29, 0.717) is 22.6 Å². The average molecular weight is 399 g/mol. The van der Waals surface area contributed by atoms with Crippen molar-refractivity contribution >= 4 is 23.5 Å². The number of aromatic nitrogens is 2. The summed E-state index contributed by atoms with van der Waals surface area (Å²) >= 11 is 6.36. The van der Waals surface area contributed by atoms with Crippen molar-refractivity contribution in [1.29, 1.82) is 0 Å². The molecule has 0 bridgehead atoms. The van der Waals surface area contributed by atoms with E-state index < -0.39 is 0 Å². The number of benzene rings is 1. The molecule has 0 N–H and O–H groups in total. The number of likely N-dealkylation sites (tertiary alicyclic amines) is 1. The molecule has 5 nitrogen and oxygen atoms in total. The van der Waals surface area contributed by atoms with Crippen LogP contribution in [0.2, 0.25) is 5.02 Å². The Bertz CT molecular complexity index is 823. The third kappa shape index (κ3) is 3.72. The zero-order valence-electron chi connectivity index (χ0n) is 16.4. The molecule has 2 aliphatic heterocycles. The monoisotopic (exact) mass is 398 g/mol. The molecule has 28 heavy (non-hydrogen) atoms. The van der Waals surface area contributed by atoms with Crippen LogP contribution in [-0.4, -0.2) is 46.5 Å². The Morgan fingerprint density at radius 1 is 1.18 bits per heavy atom. The fourth-order valence-corrected chi connectivity index (χ4v) is 4.78. The van der Waals surface area contributed by atoms with Gasteiger partial charge in [-0.05, 0) is 37.7 Å². The Balaban J connectivity index is 1.61. The lowest BCUT2D eigenvalue weighted by molar-refractivity contribution is 0.0708. The van der Waals surface area contributed by atoms with Crippen LogP contribution in [0, 0.1) is 0 Å². The van der Waals surface area contributed by atoms with Crippen molar-refractivity contribution in [3.8, 4) is 0 Å². The Morgan fingerprint density at radius 3 is 2.64 bits per heavy atom. The summed E-state index contributed by atoms with van der Waals surface area (Å²) in [7, 11) is 0. The summed E-state index contributed by atoms with van der Waals surface area (Å²) in [5.74, 6) is 0.882. The Hall–Kier alpha value is -2.14. The first-order chi connectivity index (χ1) is 13.7. The van der Waals surface area contributed by atoms with Crippen molar-refractivity contribution in [3.63, 3.8) is 0 Å². The van der Waals surface area contributed by atoms with E-state index >= 15 is 0 Å². The first-order valence-corrected chi connectivity index (χ1v) is 10.7. The summed E-state index contributed by atoms with van der Waals surface area (Å²) in [4.78, 5) is 26.5. The van der Waals surface area contributed by atoms with E-state index in [4.69, 9.17) is 11.6 Å². The summed E-state index contributed by atoms with van der Waals surface area (Å²) in [6.07, 6.45) is 6.88. The summed E-state index contributed by atoms with van der Waals surface area (Å²) in [5, 5.41) is 0.339. The topological polar surface area (TPSA) is 49.3 Å². The molecule has 1 amide bonds. The smallest absolute Gasteiger partial charge is 0.274 e. The molecule has 0 spiro atoms. The molecular weight excluding hydrogens is 372 g/mol. The van der Waals surface area contributed by atoms with E-state index in [1.165, 1.54) is 5.56 Å². The van der Waals surface area contributed by atoms with Crippen LogP contribution < -0.4 is 4.90 Å². The maximum atomic E-state index is 13.4. The predicted octanol–water partition coefficient (Wildman–Crippen LogP) is 4.53. The maximum Gasteiger partial charge on any atom is 0.274 e. The van der Waals surface area contributed by atoms with Gasteiger partial charge in [0.1, 0.15) is 0 Å². The van der Waals surface area contributed by atoms with Crippen molar-refractivity contribution in [2.75, 3.05) is 24.5 Å². The Labute approximate surface area is 171 Å². The summed E-state index contributed by atoms with van der Waals surface area (Å²) in [6, 6.07) is 10.7. The minimum atomic E-state index is -0.0651. The lowest BCUT2D eigenvalue weighted by Gasteiger charge is -2.31. The van der Waals surface area contributed by atoms with E-state index in [1.54, 1.807) is 6.20 Å². The SMILES string of the molecule is CCC(c1ccccc1)C1CCCN1C(=O)c1nc(N2CCCC2)ncc1Cl. The number of hydrogen-bond donors (Lipinski definition) is 0. The standard InChI is InChI=1S/C22H27ClN4O/c1-2-17(16-9-4-3-5-10-16)19-11-8-14-27(19)21(28)20-18(23)15-24-22(25-20)26-12-6-7-13-26/h3-5,9-10,15,17,19H,2,6-8,11-14H2,1H3. The van der Waals surface area contributed by atoms with Crippen LogP contribution in [-0.2, 0) is 0 Å². The van der Waals surface area contributed by atoms with Crippen molar-refractivity contribution < 1.29 is 4.79 Å². The van der Waals surface area contributed by atoms with Gasteiger partial charge < -0.3 is 9.80 Å². The van der Waals surface area contributed by atoms with E-state index in [2.05, 4.69) is 46.1 Å². The van der Waals surface area contributed by atoms with E-state index in [1.807, 2.05) is 11.0 Å². The third-order valence-electron chi connectivity index (χ3n) is 6.01. The molecule has 2 aliphatic rings. The van der Waals surface area contributed by atoms with Gasteiger partial charge in [0.05, 0.1) is 11.2 Å². The minimum Gasteiger partial charge on any atom is -0.341 e. The first kappa shape index (κ1) is 19.2. The van der Waals surface area contributed by atoms with E-state index in [-0.39, 0.29) is 11.9 Å². The van der Waals surface area contributed by atoms with Gasteiger partial charge in [-0.2, -0.15) is 0 Å². The highest BCUT2D eigenvalue weighted by Crippen LogP contribution is 2.35. The van der Waals surface area contributed by atoms with Gasteiger partial charge in [0.25, 0.3) is 5.91 Å². The number of nitrogens with zero attached hydrogens (tertiary/aromatic N) is 4. The fourth-order valence-electron chi connectivity index (χ4n) is 4.61. The third-order valence-corrected chi connectivity index (χ3v) is 6.29. The summed E-state index contributed by atoms with van der Waals surface area (Å²) in [5.41, 5.74) is 1.63. The van der Waals surface area contributed by atoms with E-state index in [0.717, 1.165) is 51.7 Å². The fraction of sp³-hybridized carbons (Fsp3) is 0.500. The van der Waals surface area contributed by atoms with Gasteiger partial charge in [0, 0.05) is 31.6 Å². The molecule has 4 rings (SSSR count). The van der Waals surface area contributed by atoms with Crippen LogP contribution in [0.1, 0.15) is 61.0 Å². The highest BCUT2D eigenvalue weighted by molar-refractivity contribution is 6.33. The first-order valence-electron chi connectivity index (χ1n) is 10.3. The van der Waals surface area contributed by atoms with Crippen LogP contribution in [0.25, 0.3) is 0 Å². The lowest BCUT2D eigenvalue weighted by Crippen LogP contribution is -2.40. The van der Waals surface area contributed by atoms with Crippen LogP contribution in [0.15, 0.2) is 36.5 Å². The molecule has 2 atom stereocenters. The molecule has 0 saturated carbocycles. The number of carbonyl (C=O) groups excluding carboxylic acids is 1. The van der Waals surface area contributed by atoms with Gasteiger partial charge in [0.15, 0.2) is 5.69 Å². The molecule has 3 heterocycles. The Kier molecular flexibility index (Phi) is 5.81. The summed E-state index contributed by atoms with van der Waals surface area (Å²) < 4.78 is 0. The second-order valence-corrected chi connectivity index (χ2v) is 8.10. The van der Waals surface area contributed by atoms with Crippen LogP contribution in [0.4, 0.5) is 5.95 Å². The molecule has 2 unspecified atom stereocenters. The number of carbonyl (C=O) groups is 1. The predicted molar refractivity (Wildman–Crippen MR) is 112 cm³/mol. The van der Waals surface area contributed by atoms with Crippen molar-refractivity contribution in [3.05, 3.63) is 52.8 Å². The van der Waals surface area contributed by atoms with Crippen LogP contribution in [0.3, 0.4) is 0 Å². The lowest BCUT2D eigenvalue weighted by atomic mass is 9.87. The molecule has 2 saturated heterocycles.